The first-order valence-corrected chi connectivity index (χ1v) is 8.16. The van der Waals surface area contributed by atoms with Crippen molar-refractivity contribution in [3.63, 3.8) is 0 Å². The van der Waals surface area contributed by atoms with Crippen LogP contribution in [0.15, 0.2) is 15.9 Å². The number of thiazole rings is 2. The fourth-order valence-electron chi connectivity index (χ4n) is 1.27. The van der Waals surface area contributed by atoms with Crippen molar-refractivity contribution in [1.29, 1.82) is 0 Å². The molecule has 0 spiro atoms. The Morgan fingerprint density at radius 1 is 1.47 bits per heavy atom. The van der Waals surface area contributed by atoms with Crippen molar-refractivity contribution < 1.29 is 18.3 Å². The molecule has 0 amide bonds. The lowest BCUT2D eigenvalue weighted by atomic mass is 10.5. The van der Waals surface area contributed by atoms with Crippen LogP contribution in [0.4, 0.5) is 0 Å². The number of carboxylic acid groups (broad SMARTS) is 1. The molecule has 0 saturated carbocycles. The van der Waals surface area contributed by atoms with Crippen LogP contribution in [-0.2, 0) is 16.6 Å². The van der Waals surface area contributed by atoms with E-state index in [1.165, 1.54) is 16.8 Å². The molecule has 0 aliphatic rings. The van der Waals surface area contributed by atoms with Gasteiger partial charge in [0.1, 0.15) is 5.01 Å². The molecular formula is C9H9N3O4S3. The zero-order chi connectivity index (χ0) is 14.0. The highest BCUT2D eigenvalue weighted by Gasteiger charge is 2.25. The Labute approximate surface area is 117 Å². The van der Waals surface area contributed by atoms with Crippen LogP contribution in [0, 0.1) is 6.92 Å². The summed E-state index contributed by atoms with van der Waals surface area (Å²) in [5.41, 5.74) is 0.721. The Balaban J connectivity index is 2.18. The highest BCUT2D eigenvalue weighted by atomic mass is 32.2. The van der Waals surface area contributed by atoms with Gasteiger partial charge in [0.15, 0.2) is 9.90 Å². The largest absolute Gasteiger partial charge is 0.476 e. The van der Waals surface area contributed by atoms with Crippen LogP contribution in [0.5, 0.6) is 0 Å². The van der Waals surface area contributed by atoms with Crippen LogP contribution in [0.1, 0.15) is 20.4 Å². The van der Waals surface area contributed by atoms with Gasteiger partial charge in [0, 0.05) is 11.1 Å². The maximum Gasteiger partial charge on any atom is 0.356 e. The van der Waals surface area contributed by atoms with Crippen LogP contribution in [-0.4, -0.2) is 29.5 Å². The molecule has 2 N–H and O–H groups in total. The third kappa shape index (κ3) is 3.15. The number of carbonyl (C=O) groups is 1. The van der Waals surface area contributed by atoms with Gasteiger partial charge in [0.2, 0.25) is 0 Å². The van der Waals surface area contributed by atoms with Crippen molar-refractivity contribution in [3.05, 3.63) is 27.3 Å². The molecule has 102 valence electrons. The number of aromatic nitrogens is 2. The molecule has 0 radical (unpaired) electrons. The van der Waals surface area contributed by atoms with E-state index >= 15 is 0 Å². The van der Waals surface area contributed by atoms with Gasteiger partial charge < -0.3 is 5.11 Å². The quantitative estimate of drug-likeness (QED) is 0.853. The summed E-state index contributed by atoms with van der Waals surface area (Å²) in [6.07, 6.45) is 1.64. The van der Waals surface area contributed by atoms with Crippen molar-refractivity contribution in [2.24, 2.45) is 0 Å². The summed E-state index contributed by atoms with van der Waals surface area (Å²) < 4.78 is 26.0. The minimum absolute atomic E-state index is 0.0256. The fourth-order valence-corrected chi connectivity index (χ4v) is 4.26. The second-order valence-corrected chi connectivity index (χ2v) is 7.62. The van der Waals surface area contributed by atoms with Crippen LogP contribution in [0.3, 0.4) is 0 Å². The maximum absolute atomic E-state index is 12.0. The number of rotatable bonds is 5. The zero-order valence-corrected chi connectivity index (χ0v) is 12.1. The summed E-state index contributed by atoms with van der Waals surface area (Å²) in [7, 11) is -3.89. The first-order chi connectivity index (χ1) is 8.90. The lowest BCUT2D eigenvalue weighted by molar-refractivity contribution is 0.0687. The lowest BCUT2D eigenvalue weighted by Crippen LogP contribution is -2.24. The molecule has 0 bridgehead atoms. The third-order valence-electron chi connectivity index (χ3n) is 2.06. The van der Waals surface area contributed by atoms with Crippen molar-refractivity contribution >= 4 is 38.7 Å². The van der Waals surface area contributed by atoms with Gasteiger partial charge >= 0.3 is 5.97 Å². The van der Waals surface area contributed by atoms with Gasteiger partial charge in [0.25, 0.3) is 10.0 Å². The Morgan fingerprint density at radius 2 is 2.21 bits per heavy atom. The summed E-state index contributed by atoms with van der Waals surface area (Å²) in [4.78, 5) is 19.4. The number of hydrogen-bond acceptors (Lipinski definition) is 7. The van der Waals surface area contributed by atoms with Crippen LogP contribution in [0.25, 0.3) is 0 Å². The zero-order valence-electron chi connectivity index (χ0n) is 9.65. The fraction of sp³-hybridized carbons (Fsp3) is 0.222. The number of hydrogen-bond donors (Lipinski definition) is 2. The third-order valence-corrected chi connectivity index (χ3v) is 5.75. The maximum atomic E-state index is 12.0. The predicted octanol–water partition coefficient (Wildman–Crippen LogP) is 1.08. The summed E-state index contributed by atoms with van der Waals surface area (Å²) in [5.74, 6) is -1.37. The van der Waals surface area contributed by atoms with Crippen molar-refractivity contribution in [1.82, 2.24) is 14.7 Å². The number of sulfonamides is 1. The van der Waals surface area contributed by atoms with E-state index < -0.39 is 21.7 Å². The second-order valence-electron chi connectivity index (χ2n) is 3.48. The van der Waals surface area contributed by atoms with Gasteiger partial charge in [-0.2, -0.15) is 0 Å². The number of aryl methyl sites for hydroxylation is 1. The average molecular weight is 319 g/mol. The molecule has 0 aromatic carbocycles. The molecule has 0 aliphatic heterocycles. The highest BCUT2D eigenvalue weighted by Crippen LogP contribution is 2.20. The van der Waals surface area contributed by atoms with E-state index in [-0.39, 0.29) is 10.8 Å². The molecule has 7 nitrogen and oxygen atoms in total. The molecule has 0 atom stereocenters. The number of nitrogens with one attached hydrogen (secondary N) is 1. The summed E-state index contributed by atoms with van der Waals surface area (Å²) in [6.45, 7) is 1.89. The van der Waals surface area contributed by atoms with Gasteiger partial charge in [-0.25, -0.2) is 27.9 Å². The molecule has 0 unspecified atom stereocenters. The van der Waals surface area contributed by atoms with E-state index in [4.69, 9.17) is 5.11 Å². The topological polar surface area (TPSA) is 109 Å². The number of nitrogens with zero attached hydrogens (tertiary/aromatic N) is 2. The first kappa shape index (κ1) is 14.1. The minimum atomic E-state index is -3.89. The first-order valence-electron chi connectivity index (χ1n) is 4.98. The Kier molecular flexibility index (Phi) is 3.94. The van der Waals surface area contributed by atoms with Crippen molar-refractivity contribution in [2.45, 2.75) is 17.7 Å². The van der Waals surface area contributed by atoms with E-state index in [1.807, 2.05) is 6.92 Å². The number of carboxylic acids is 1. The standard InChI is InChI=1S/C9H9N3O4S3/c1-5-2-10-6(18-5)3-12-19(15,16)9-7(8(13)14)11-4-17-9/h2,4,12H,3H2,1H3,(H,13,14). The molecule has 0 aliphatic carbocycles. The summed E-state index contributed by atoms with van der Waals surface area (Å²) >= 11 is 2.14. The predicted molar refractivity (Wildman–Crippen MR) is 69.9 cm³/mol. The molecule has 10 heteroatoms. The highest BCUT2D eigenvalue weighted by molar-refractivity contribution is 7.91. The molecule has 2 aromatic rings. The minimum Gasteiger partial charge on any atom is -0.476 e. The van der Waals surface area contributed by atoms with Crippen molar-refractivity contribution in [3.8, 4) is 0 Å². The van der Waals surface area contributed by atoms with Gasteiger partial charge in [-0.15, -0.1) is 22.7 Å². The van der Waals surface area contributed by atoms with E-state index in [0.29, 0.717) is 5.01 Å². The van der Waals surface area contributed by atoms with Crippen molar-refractivity contribution in [2.75, 3.05) is 0 Å². The van der Waals surface area contributed by atoms with E-state index in [2.05, 4.69) is 14.7 Å². The molecule has 2 heterocycles. The normalized spacial score (nSPS) is 11.6. The Bertz CT molecular complexity index is 704. The average Bonchev–Trinajstić information content (AvgIpc) is 2.94. The van der Waals surface area contributed by atoms with Crippen LogP contribution in [0.2, 0.25) is 0 Å². The van der Waals surface area contributed by atoms with Gasteiger partial charge in [0.05, 0.1) is 12.1 Å². The summed E-state index contributed by atoms with van der Waals surface area (Å²) in [6, 6.07) is 0. The van der Waals surface area contributed by atoms with Crippen LogP contribution < -0.4 is 4.72 Å². The lowest BCUT2D eigenvalue weighted by Gasteiger charge is -2.03. The van der Waals surface area contributed by atoms with E-state index in [9.17, 15) is 13.2 Å². The molecule has 0 saturated heterocycles. The SMILES string of the molecule is Cc1cnc(CNS(=O)(=O)c2scnc2C(=O)O)s1. The Morgan fingerprint density at radius 3 is 2.79 bits per heavy atom. The molecule has 2 rings (SSSR count). The monoisotopic (exact) mass is 319 g/mol. The molecule has 19 heavy (non-hydrogen) atoms. The smallest absolute Gasteiger partial charge is 0.356 e. The Hall–Kier alpha value is -1.36. The van der Waals surface area contributed by atoms with Crippen LogP contribution >= 0.6 is 22.7 Å². The van der Waals surface area contributed by atoms with Gasteiger partial charge in [-0.1, -0.05) is 0 Å². The second kappa shape index (κ2) is 5.33. The molecule has 0 fully saturated rings. The van der Waals surface area contributed by atoms with E-state index in [0.717, 1.165) is 16.2 Å². The molecule has 2 aromatic heterocycles. The molecular weight excluding hydrogens is 310 g/mol. The van der Waals surface area contributed by atoms with E-state index in [1.54, 1.807) is 6.20 Å². The summed E-state index contributed by atoms with van der Waals surface area (Å²) in [5, 5.41) is 9.46. The van der Waals surface area contributed by atoms with Gasteiger partial charge in [-0.3, -0.25) is 0 Å². The number of aromatic carboxylic acids is 1. The van der Waals surface area contributed by atoms with Gasteiger partial charge in [-0.05, 0) is 6.92 Å².